The minimum absolute atomic E-state index is 0.120. The molecule has 0 aromatic heterocycles. The van der Waals surface area contributed by atoms with Crippen LogP contribution in [0.5, 0.6) is 0 Å². The zero-order chi connectivity index (χ0) is 14.5. The molecule has 1 amide bonds. The van der Waals surface area contributed by atoms with Gasteiger partial charge in [0.15, 0.2) is 0 Å². The number of ether oxygens (including phenoxy) is 1. The maximum Gasteiger partial charge on any atom is 0.220 e. The van der Waals surface area contributed by atoms with Crippen molar-refractivity contribution in [2.45, 2.75) is 51.3 Å². The minimum Gasteiger partial charge on any atom is -0.378 e. The third kappa shape index (κ3) is 4.17. The first kappa shape index (κ1) is 15.7. The first-order valence-electron chi connectivity index (χ1n) is 7.87. The summed E-state index contributed by atoms with van der Waals surface area (Å²) in [5, 5.41) is 6.52. The lowest BCUT2D eigenvalue weighted by Crippen LogP contribution is -2.44. The van der Waals surface area contributed by atoms with Crippen molar-refractivity contribution in [2.75, 3.05) is 33.3 Å². The van der Waals surface area contributed by atoms with E-state index in [1.807, 2.05) is 0 Å². The fourth-order valence-corrected chi connectivity index (χ4v) is 3.22. The molecule has 2 aliphatic heterocycles. The summed E-state index contributed by atoms with van der Waals surface area (Å²) in [6.07, 6.45) is 3.01. The van der Waals surface area contributed by atoms with E-state index in [1.54, 1.807) is 7.11 Å². The highest BCUT2D eigenvalue weighted by Crippen LogP contribution is 2.18. The number of amides is 1. The molecule has 2 saturated heterocycles. The van der Waals surface area contributed by atoms with E-state index in [4.69, 9.17) is 4.74 Å². The van der Waals surface area contributed by atoms with E-state index in [9.17, 15) is 4.79 Å². The number of rotatable bonds is 5. The third-order valence-corrected chi connectivity index (χ3v) is 4.61. The highest BCUT2D eigenvalue weighted by molar-refractivity contribution is 5.76. The molecule has 0 aromatic rings. The van der Waals surface area contributed by atoms with Gasteiger partial charge in [-0.3, -0.25) is 9.69 Å². The molecule has 5 nitrogen and oxygen atoms in total. The van der Waals surface area contributed by atoms with E-state index in [2.05, 4.69) is 29.4 Å². The topological polar surface area (TPSA) is 53.6 Å². The lowest BCUT2D eigenvalue weighted by molar-refractivity contribution is -0.123. The number of piperidine rings is 1. The Balaban J connectivity index is 1.80. The van der Waals surface area contributed by atoms with Gasteiger partial charge in [0, 0.05) is 32.7 Å². The smallest absolute Gasteiger partial charge is 0.220 e. The van der Waals surface area contributed by atoms with Crippen LogP contribution in [0.1, 0.15) is 33.1 Å². The number of nitrogens with zero attached hydrogens (tertiary/aromatic N) is 1. The number of hydrogen-bond donors (Lipinski definition) is 2. The molecule has 0 bridgehead atoms. The molecule has 0 aliphatic carbocycles. The van der Waals surface area contributed by atoms with Crippen LogP contribution in [-0.4, -0.2) is 62.3 Å². The molecule has 2 heterocycles. The average Bonchev–Trinajstić information content (AvgIpc) is 2.83. The van der Waals surface area contributed by atoms with Crippen molar-refractivity contribution in [1.82, 2.24) is 15.5 Å². The number of carbonyl (C=O) groups is 1. The highest BCUT2D eigenvalue weighted by atomic mass is 16.5. The maximum atomic E-state index is 12.2. The molecule has 2 fully saturated rings. The fourth-order valence-electron chi connectivity index (χ4n) is 3.22. The number of methoxy groups -OCH3 is 1. The fraction of sp³-hybridized carbons (Fsp3) is 0.933. The average molecular weight is 283 g/mol. The van der Waals surface area contributed by atoms with Crippen LogP contribution in [0.4, 0.5) is 0 Å². The van der Waals surface area contributed by atoms with Crippen molar-refractivity contribution >= 4 is 5.91 Å². The summed E-state index contributed by atoms with van der Waals surface area (Å²) in [6.45, 7) is 8.27. The Hall–Kier alpha value is -0.650. The number of hydrogen-bond acceptors (Lipinski definition) is 4. The number of nitrogens with one attached hydrogen (secondary N) is 2. The van der Waals surface area contributed by atoms with E-state index < -0.39 is 0 Å². The van der Waals surface area contributed by atoms with Crippen molar-refractivity contribution in [1.29, 1.82) is 0 Å². The molecule has 0 radical (unpaired) electrons. The van der Waals surface area contributed by atoms with Crippen LogP contribution >= 0.6 is 0 Å². The van der Waals surface area contributed by atoms with Gasteiger partial charge >= 0.3 is 0 Å². The molecule has 2 rings (SSSR count). The second-order valence-corrected chi connectivity index (χ2v) is 6.39. The maximum absolute atomic E-state index is 12.2. The second kappa shape index (κ2) is 7.38. The Morgan fingerprint density at radius 3 is 2.65 bits per heavy atom. The Kier molecular flexibility index (Phi) is 5.81. The molecule has 116 valence electrons. The third-order valence-electron chi connectivity index (χ3n) is 4.61. The van der Waals surface area contributed by atoms with Gasteiger partial charge in [-0.1, -0.05) is 0 Å². The highest BCUT2D eigenvalue weighted by Gasteiger charge is 2.35. The van der Waals surface area contributed by atoms with Gasteiger partial charge in [0.2, 0.25) is 5.91 Å². The van der Waals surface area contributed by atoms with E-state index in [0.29, 0.717) is 18.4 Å². The second-order valence-electron chi connectivity index (χ2n) is 6.39. The largest absolute Gasteiger partial charge is 0.378 e. The van der Waals surface area contributed by atoms with E-state index in [-0.39, 0.29) is 18.1 Å². The predicted octanol–water partition coefficient (Wildman–Crippen LogP) is 0.600. The van der Waals surface area contributed by atoms with Gasteiger partial charge in [-0.2, -0.15) is 0 Å². The Morgan fingerprint density at radius 2 is 2.05 bits per heavy atom. The summed E-state index contributed by atoms with van der Waals surface area (Å²) < 4.78 is 5.53. The Labute approximate surface area is 122 Å². The van der Waals surface area contributed by atoms with Crippen molar-refractivity contribution < 1.29 is 9.53 Å². The lowest BCUT2D eigenvalue weighted by Gasteiger charge is -2.24. The zero-order valence-corrected chi connectivity index (χ0v) is 13.0. The van der Waals surface area contributed by atoms with Crippen LogP contribution in [0.15, 0.2) is 0 Å². The van der Waals surface area contributed by atoms with Gasteiger partial charge in [0.05, 0.1) is 12.1 Å². The van der Waals surface area contributed by atoms with Crippen molar-refractivity contribution in [3.63, 3.8) is 0 Å². The minimum atomic E-state index is 0.120. The lowest BCUT2D eigenvalue weighted by atomic mass is 9.94. The van der Waals surface area contributed by atoms with Crippen molar-refractivity contribution in [3.05, 3.63) is 0 Å². The monoisotopic (exact) mass is 283 g/mol. The van der Waals surface area contributed by atoms with Gasteiger partial charge in [-0.15, -0.1) is 0 Å². The molecule has 0 spiro atoms. The van der Waals surface area contributed by atoms with Crippen LogP contribution in [0, 0.1) is 5.92 Å². The van der Waals surface area contributed by atoms with Gasteiger partial charge < -0.3 is 15.4 Å². The summed E-state index contributed by atoms with van der Waals surface area (Å²) >= 11 is 0. The Bertz CT molecular complexity index is 316. The Morgan fingerprint density at radius 1 is 1.35 bits per heavy atom. The van der Waals surface area contributed by atoms with E-state index in [1.165, 1.54) is 0 Å². The first-order chi connectivity index (χ1) is 9.60. The van der Waals surface area contributed by atoms with Gasteiger partial charge in [0.1, 0.15) is 0 Å². The molecule has 5 heteroatoms. The van der Waals surface area contributed by atoms with Crippen molar-refractivity contribution in [3.8, 4) is 0 Å². The van der Waals surface area contributed by atoms with Crippen molar-refractivity contribution in [2.24, 2.45) is 5.92 Å². The van der Waals surface area contributed by atoms with E-state index >= 15 is 0 Å². The summed E-state index contributed by atoms with van der Waals surface area (Å²) in [6, 6.07) is 0.635. The zero-order valence-electron chi connectivity index (χ0n) is 13.0. The molecule has 0 unspecified atom stereocenters. The summed E-state index contributed by atoms with van der Waals surface area (Å²) in [5.41, 5.74) is 0. The van der Waals surface area contributed by atoms with Crippen LogP contribution in [0.2, 0.25) is 0 Å². The summed E-state index contributed by atoms with van der Waals surface area (Å²) in [7, 11) is 1.74. The molecule has 0 saturated carbocycles. The van der Waals surface area contributed by atoms with Crippen LogP contribution < -0.4 is 10.6 Å². The molecule has 0 aromatic carbocycles. The molecular formula is C15H29N3O2. The standard InChI is InChI=1S/C15H29N3O2/c1-11(2)18-9-13(14(10-18)20-3)17-15(19)8-12-4-6-16-7-5-12/h11-14,16H,4-10H2,1-3H3,(H,17,19)/t13-,14-/m0/s1. The molecule has 20 heavy (non-hydrogen) atoms. The molecule has 2 atom stereocenters. The van der Waals surface area contributed by atoms with Crippen LogP contribution in [0.25, 0.3) is 0 Å². The van der Waals surface area contributed by atoms with Gasteiger partial charge in [0.25, 0.3) is 0 Å². The quantitative estimate of drug-likeness (QED) is 0.776. The predicted molar refractivity (Wildman–Crippen MR) is 79.6 cm³/mol. The molecule has 2 N–H and O–H groups in total. The molecular weight excluding hydrogens is 254 g/mol. The van der Waals surface area contributed by atoms with Crippen LogP contribution in [-0.2, 0) is 9.53 Å². The molecule has 2 aliphatic rings. The van der Waals surface area contributed by atoms with Gasteiger partial charge in [-0.05, 0) is 45.7 Å². The van der Waals surface area contributed by atoms with Crippen LogP contribution in [0.3, 0.4) is 0 Å². The van der Waals surface area contributed by atoms with E-state index in [0.717, 1.165) is 39.0 Å². The summed E-state index contributed by atoms with van der Waals surface area (Å²) in [5.74, 6) is 0.731. The number of carbonyl (C=O) groups excluding carboxylic acids is 1. The SMILES string of the molecule is CO[C@H]1CN(C(C)C)C[C@@H]1NC(=O)CC1CCNCC1. The van der Waals surface area contributed by atoms with Gasteiger partial charge in [-0.25, -0.2) is 0 Å². The number of likely N-dealkylation sites (tertiary alicyclic amines) is 1. The first-order valence-corrected chi connectivity index (χ1v) is 7.87. The summed E-state index contributed by atoms with van der Waals surface area (Å²) in [4.78, 5) is 14.6. The normalized spacial score (nSPS) is 29.0.